The number of anilines is 1. The number of para-hydroxylation sites is 1. The van der Waals surface area contributed by atoms with E-state index in [4.69, 9.17) is 4.74 Å². The predicted molar refractivity (Wildman–Crippen MR) is 110 cm³/mol. The smallest absolute Gasteiger partial charge is 0.321 e. The summed E-state index contributed by atoms with van der Waals surface area (Å²) >= 11 is 0. The third kappa shape index (κ3) is 5.52. The van der Waals surface area contributed by atoms with Crippen LogP contribution < -0.4 is 9.62 Å². The highest BCUT2D eigenvalue weighted by Crippen LogP contribution is 2.28. The number of rotatable bonds is 7. The van der Waals surface area contributed by atoms with Crippen LogP contribution in [0.15, 0.2) is 60.0 Å². The molecule has 0 fully saturated rings. The first-order valence-corrected chi connectivity index (χ1v) is 10.7. The molecule has 7 nitrogen and oxygen atoms in total. The second-order valence-electron chi connectivity index (χ2n) is 6.58. The van der Waals surface area contributed by atoms with Crippen LogP contribution in [0.2, 0.25) is 0 Å². The van der Waals surface area contributed by atoms with Gasteiger partial charge in [-0.3, -0.25) is 9.59 Å². The van der Waals surface area contributed by atoms with Crippen molar-refractivity contribution in [1.82, 2.24) is 4.72 Å². The second kappa shape index (κ2) is 9.02. The number of hydrogen-bond acceptors (Lipinski definition) is 5. The molecule has 0 saturated heterocycles. The lowest BCUT2D eigenvalue weighted by atomic mass is 10.2. The molecule has 1 aliphatic heterocycles. The van der Waals surface area contributed by atoms with Gasteiger partial charge in [0.1, 0.15) is 6.54 Å². The Hall–Kier alpha value is -2.97. The second-order valence-corrected chi connectivity index (χ2v) is 8.23. The molecule has 2 aromatic rings. The molecule has 1 N–H and O–H groups in total. The molecule has 0 aromatic heterocycles. The van der Waals surface area contributed by atoms with Gasteiger partial charge in [0.05, 0.1) is 0 Å². The zero-order valence-corrected chi connectivity index (χ0v) is 16.8. The number of fused-ring (bicyclic) bond motifs is 1. The van der Waals surface area contributed by atoms with Gasteiger partial charge < -0.3 is 9.64 Å². The Balaban J connectivity index is 1.51. The molecule has 1 aliphatic rings. The minimum atomic E-state index is -3.81. The van der Waals surface area contributed by atoms with Crippen LogP contribution in [0.3, 0.4) is 0 Å². The van der Waals surface area contributed by atoms with Gasteiger partial charge in [0.15, 0.2) is 6.10 Å². The van der Waals surface area contributed by atoms with E-state index in [0.717, 1.165) is 23.1 Å². The highest BCUT2D eigenvalue weighted by atomic mass is 32.2. The Bertz CT molecular complexity index is 1020. The van der Waals surface area contributed by atoms with E-state index in [2.05, 4.69) is 4.72 Å². The number of nitrogens with zero attached hydrogens (tertiary/aromatic N) is 1. The van der Waals surface area contributed by atoms with Gasteiger partial charge in [-0.15, -0.1) is 0 Å². The third-order valence-electron chi connectivity index (χ3n) is 4.47. The minimum absolute atomic E-state index is 0.338. The summed E-state index contributed by atoms with van der Waals surface area (Å²) in [5, 5.41) is 0.978. The van der Waals surface area contributed by atoms with Gasteiger partial charge in [-0.25, -0.2) is 13.1 Å². The summed E-state index contributed by atoms with van der Waals surface area (Å²) in [6, 6.07) is 16.5. The topological polar surface area (TPSA) is 92.8 Å². The Morgan fingerprint density at radius 2 is 1.83 bits per heavy atom. The van der Waals surface area contributed by atoms with Crippen molar-refractivity contribution in [1.29, 1.82) is 0 Å². The summed E-state index contributed by atoms with van der Waals surface area (Å²) in [6.45, 7) is 1.44. The van der Waals surface area contributed by atoms with Crippen LogP contribution in [-0.4, -0.2) is 39.5 Å². The van der Waals surface area contributed by atoms with E-state index in [-0.39, 0.29) is 5.91 Å². The molecule has 3 rings (SSSR count). The number of carbonyl (C=O) groups is 2. The molecule has 29 heavy (non-hydrogen) atoms. The fourth-order valence-corrected chi connectivity index (χ4v) is 3.77. The van der Waals surface area contributed by atoms with Crippen molar-refractivity contribution in [3.63, 3.8) is 0 Å². The molecule has 152 valence electrons. The average molecular weight is 414 g/mol. The molecule has 0 bridgehead atoms. The monoisotopic (exact) mass is 414 g/mol. The van der Waals surface area contributed by atoms with Crippen molar-refractivity contribution in [2.24, 2.45) is 0 Å². The van der Waals surface area contributed by atoms with Crippen LogP contribution in [0.1, 0.15) is 18.1 Å². The number of benzene rings is 2. The maximum atomic E-state index is 12.6. The summed E-state index contributed by atoms with van der Waals surface area (Å²) in [4.78, 5) is 26.2. The van der Waals surface area contributed by atoms with E-state index >= 15 is 0 Å². The lowest BCUT2D eigenvalue weighted by Crippen LogP contribution is -2.40. The van der Waals surface area contributed by atoms with Crippen molar-refractivity contribution >= 4 is 33.7 Å². The molecule has 1 heterocycles. The third-order valence-corrected chi connectivity index (χ3v) is 5.51. The van der Waals surface area contributed by atoms with Gasteiger partial charge in [0, 0.05) is 17.6 Å². The Morgan fingerprint density at radius 1 is 1.14 bits per heavy atom. The molecule has 0 saturated carbocycles. The van der Waals surface area contributed by atoms with Gasteiger partial charge in [-0.05, 0) is 36.6 Å². The fourth-order valence-electron chi connectivity index (χ4n) is 3.02. The molecule has 0 aliphatic carbocycles. The van der Waals surface area contributed by atoms with Crippen LogP contribution >= 0.6 is 0 Å². The largest absolute Gasteiger partial charge is 0.452 e. The zero-order valence-electron chi connectivity index (χ0n) is 15.9. The number of hydrogen-bond donors (Lipinski definition) is 1. The molecule has 0 spiro atoms. The first kappa shape index (κ1) is 20.8. The van der Waals surface area contributed by atoms with Crippen molar-refractivity contribution in [2.75, 3.05) is 18.0 Å². The number of nitrogens with one attached hydrogen (secondary N) is 1. The van der Waals surface area contributed by atoms with Crippen LogP contribution in [0.4, 0.5) is 5.69 Å². The molecule has 1 atom stereocenters. The summed E-state index contributed by atoms with van der Waals surface area (Å²) in [6.07, 6.45) is 1.15. The summed E-state index contributed by atoms with van der Waals surface area (Å²) in [7, 11) is -3.81. The van der Waals surface area contributed by atoms with E-state index in [9.17, 15) is 18.0 Å². The maximum Gasteiger partial charge on any atom is 0.321 e. The van der Waals surface area contributed by atoms with E-state index in [1.807, 2.05) is 30.3 Å². The molecule has 1 amide bonds. The first-order chi connectivity index (χ1) is 13.9. The van der Waals surface area contributed by atoms with Gasteiger partial charge in [0.25, 0.3) is 5.91 Å². The molecular weight excluding hydrogens is 392 g/mol. The molecular formula is C21H22N2O5S. The lowest BCUT2D eigenvalue weighted by Gasteiger charge is -2.21. The van der Waals surface area contributed by atoms with Crippen molar-refractivity contribution in [3.05, 3.63) is 71.1 Å². The molecule has 2 aromatic carbocycles. The van der Waals surface area contributed by atoms with Crippen molar-refractivity contribution < 1.29 is 22.7 Å². The van der Waals surface area contributed by atoms with Gasteiger partial charge >= 0.3 is 5.97 Å². The van der Waals surface area contributed by atoms with Gasteiger partial charge in [0.2, 0.25) is 10.0 Å². The van der Waals surface area contributed by atoms with Crippen molar-refractivity contribution in [3.8, 4) is 0 Å². The van der Waals surface area contributed by atoms with E-state index in [0.29, 0.717) is 12.1 Å². The first-order valence-electron chi connectivity index (χ1n) is 9.17. The maximum absolute atomic E-state index is 12.6. The molecule has 0 radical (unpaired) electrons. The summed E-state index contributed by atoms with van der Waals surface area (Å²) < 4.78 is 31.2. The zero-order chi connectivity index (χ0) is 20.9. The normalized spacial score (nSPS) is 14.6. The van der Waals surface area contributed by atoms with Crippen LogP contribution in [0, 0.1) is 0 Å². The Kier molecular flexibility index (Phi) is 6.46. The van der Waals surface area contributed by atoms with Gasteiger partial charge in [-0.1, -0.05) is 48.5 Å². The van der Waals surface area contributed by atoms with Crippen LogP contribution in [0.25, 0.3) is 6.08 Å². The lowest BCUT2D eigenvalue weighted by molar-refractivity contribution is -0.152. The van der Waals surface area contributed by atoms with E-state index < -0.39 is 28.6 Å². The van der Waals surface area contributed by atoms with E-state index in [1.165, 1.54) is 13.0 Å². The van der Waals surface area contributed by atoms with Crippen LogP contribution in [0.5, 0.6) is 0 Å². The van der Waals surface area contributed by atoms with Crippen LogP contribution in [-0.2, 0) is 30.8 Å². The highest BCUT2D eigenvalue weighted by Gasteiger charge is 2.29. The molecule has 8 heteroatoms. The quantitative estimate of drug-likeness (QED) is 0.701. The summed E-state index contributed by atoms with van der Waals surface area (Å²) in [5.41, 5.74) is 2.59. The average Bonchev–Trinajstić information content (AvgIpc) is 3.15. The molecule has 1 unspecified atom stereocenters. The standard InChI is InChI=1S/C21H22N2O5S/c1-16(21(25)23-13-11-18-9-5-6-10-19(18)23)28-20(24)15-22-29(26,27)14-12-17-7-3-2-4-8-17/h2-10,12,14,16,22H,11,13,15H2,1H3. The number of carbonyl (C=O) groups excluding carboxylic acids is 2. The van der Waals surface area contributed by atoms with Gasteiger partial charge in [-0.2, -0.15) is 0 Å². The van der Waals surface area contributed by atoms with Crippen molar-refractivity contribution in [2.45, 2.75) is 19.4 Å². The minimum Gasteiger partial charge on any atom is -0.452 e. The number of esters is 1. The summed E-state index contributed by atoms with van der Waals surface area (Å²) in [5.74, 6) is -1.16. The fraction of sp³-hybridized carbons (Fsp3) is 0.238. The van der Waals surface area contributed by atoms with E-state index in [1.54, 1.807) is 29.2 Å². The Labute approximate surface area is 170 Å². The predicted octanol–water partition coefficient (Wildman–Crippen LogP) is 2.10. The SMILES string of the molecule is CC(OC(=O)CNS(=O)(=O)C=Cc1ccccc1)C(=O)N1CCc2ccccc21. The number of sulfonamides is 1. The Morgan fingerprint density at radius 3 is 2.59 bits per heavy atom. The number of amides is 1. The number of ether oxygens (including phenoxy) is 1. The highest BCUT2D eigenvalue weighted by molar-refractivity contribution is 7.92.